The number of aldehydes is 1. The maximum atomic E-state index is 10.6. The van der Waals surface area contributed by atoms with E-state index in [4.69, 9.17) is 25.8 Å². The van der Waals surface area contributed by atoms with Gasteiger partial charge in [-0.2, -0.15) is 0 Å². The molecule has 0 bridgehead atoms. The summed E-state index contributed by atoms with van der Waals surface area (Å²) in [5.41, 5.74) is 0.513. The molecule has 5 heteroatoms. The van der Waals surface area contributed by atoms with Gasteiger partial charge in [0.1, 0.15) is 18.6 Å². The standard InChI is InChI=1S/C13H17ClO4/c1-3-16-13(17-4-2)9-18-12-6-5-10(8-15)7-11(12)14/h5-8,13H,3-4,9H2,1-2H3. The summed E-state index contributed by atoms with van der Waals surface area (Å²) in [6, 6.07) is 4.85. The van der Waals surface area contributed by atoms with Gasteiger partial charge in [-0.15, -0.1) is 0 Å². The first-order valence-corrected chi connectivity index (χ1v) is 6.19. The molecule has 0 saturated carbocycles. The van der Waals surface area contributed by atoms with Gasteiger partial charge in [-0.25, -0.2) is 0 Å². The van der Waals surface area contributed by atoms with Crippen molar-refractivity contribution in [3.8, 4) is 5.75 Å². The average molecular weight is 273 g/mol. The van der Waals surface area contributed by atoms with E-state index in [1.54, 1.807) is 18.2 Å². The minimum absolute atomic E-state index is 0.252. The lowest BCUT2D eigenvalue weighted by Gasteiger charge is -2.17. The largest absolute Gasteiger partial charge is 0.487 e. The van der Waals surface area contributed by atoms with Crippen molar-refractivity contribution in [1.29, 1.82) is 0 Å². The van der Waals surface area contributed by atoms with E-state index in [1.807, 2.05) is 13.8 Å². The summed E-state index contributed by atoms with van der Waals surface area (Å²) < 4.78 is 16.2. The highest BCUT2D eigenvalue weighted by Crippen LogP contribution is 2.25. The first kappa shape index (κ1) is 15.0. The molecule has 0 aliphatic carbocycles. The molecule has 0 unspecified atom stereocenters. The molecular formula is C13H17ClO4. The number of carbonyl (C=O) groups is 1. The first-order valence-electron chi connectivity index (χ1n) is 5.82. The molecule has 18 heavy (non-hydrogen) atoms. The fourth-order valence-electron chi connectivity index (χ4n) is 1.38. The number of hydrogen-bond acceptors (Lipinski definition) is 4. The summed E-state index contributed by atoms with van der Waals surface area (Å²) >= 11 is 5.98. The number of rotatable bonds is 8. The summed E-state index contributed by atoms with van der Waals surface area (Å²) in [5, 5.41) is 0.395. The van der Waals surface area contributed by atoms with E-state index in [-0.39, 0.29) is 6.61 Å². The fourth-order valence-corrected chi connectivity index (χ4v) is 1.62. The molecule has 0 aromatic heterocycles. The van der Waals surface area contributed by atoms with Crippen LogP contribution in [0.2, 0.25) is 5.02 Å². The Labute approximate surface area is 112 Å². The molecule has 0 aliphatic rings. The Bertz CT molecular complexity index is 375. The number of carbonyl (C=O) groups excluding carboxylic acids is 1. The van der Waals surface area contributed by atoms with Crippen LogP contribution in [0.15, 0.2) is 18.2 Å². The van der Waals surface area contributed by atoms with Crippen molar-refractivity contribution in [2.45, 2.75) is 20.1 Å². The van der Waals surface area contributed by atoms with Crippen LogP contribution in [0, 0.1) is 0 Å². The molecule has 100 valence electrons. The van der Waals surface area contributed by atoms with Crippen LogP contribution in [0.25, 0.3) is 0 Å². The summed E-state index contributed by atoms with van der Waals surface area (Å²) in [6.45, 7) is 5.12. The molecule has 0 atom stereocenters. The van der Waals surface area contributed by atoms with Crippen LogP contribution in [0.4, 0.5) is 0 Å². The Morgan fingerprint density at radius 2 is 1.94 bits per heavy atom. The Hall–Kier alpha value is -1.10. The molecule has 0 N–H and O–H groups in total. The smallest absolute Gasteiger partial charge is 0.191 e. The fraction of sp³-hybridized carbons (Fsp3) is 0.462. The normalized spacial score (nSPS) is 10.7. The predicted molar refractivity (Wildman–Crippen MR) is 69.4 cm³/mol. The van der Waals surface area contributed by atoms with Crippen molar-refractivity contribution >= 4 is 17.9 Å². The van der Waals surface area contributed by atoms with Gasteiger partial charge in [-0.3, -0.25) is 4.79 Å². The number of benzene rings is 1. The third-order valence-corrected chi connectivity index (χ3v) is 2.47. The van der Waals surface area contributed by atoms with Gasteiger partial charge in [0.25, 0.3) is 0 Å². The topological polar surface area (TPSA) is 44.8 Å². The zero-order chi connectivity index (χ0) is 13.4. The molecule has 0 amide bonds. The number of hydrogen-bond donors (Lipinski definition) is 0. The van der Waals surface area contributed by atoms with Crippen LogP contribution in [0.5, 0.6) is 5.75 Å². The van der Waals surface area contributed by atoms with Crippen molar-refractivity contribution in [2.75, 3.05) is 19.8 Å². The second kappa shape index (κ2) is 8.08. The van der Waals surface area contributed by atoms with Crippen LogP contribution in [-0.4, -0.2) is 32.4 Å². The van der Waals surface area contributed by atoms with Gasteiger partial charge in [0.05, 0.1) is 5.02 Å². The third kappa shape index (κ3) is 4.64. The number of halogens is 1. The van der Waals surface area contributed by atoms with Gasteiger partial charge in [0.2, 0.25) is 0 Å². The van der Waals surface area contributed by atoms with E-state index in [1.165, 1.54) is 0 Å². The van der Waals surface area contributed by atoms with Gasteiger partial charge in [0, 0.05) is 18.8 Å². The van der Waals surface area contributed by atoms with Crippen molar-refractivity contribution in [1.82, 2.24) is 0 Å². The highest BCUT2D eigenvalue weighted by Gasteiger charge is 2.10. The summed E-state index contributed by atoms with van der Waals surface area (Å²) in [7, 11) is 0. The summed E-state index contributed by atoms with van der Waals surface area (Å²) in [4.78, 5) is 10.6. The molecule has 0 radical (unpaired) electrons. The molecule has 0 fully saturated rings. The van der Waals surface area contributed by atoms with Gasteiger partial charge >= 0.3 is 0 Å². The van der Waals surface area contributed by atoms with Crippen LogP contribution in [0.3, 0.4) is 0 Å². The lowest BCUT2D eigenvalue weighted by Crippen LogP contribution is -2.25. The maximum absolute atomic E-state index is 10.6. The average Bonchev–Trinajstić information content (AvgIpc) is 2.37. The van der Waals surface area contributed by atoms with E-state index >= 15 is 0 Å². The minimum atomic E-state index is -0.415. The van der Waals surface area contributed by atoms with Crippen LogP contribution >= 0.6 is 11.6 Å². The number of ether oxygens (including phenoxy) is 3. The second-order valence-corrected chi connectivity index (χ2v) is 3.87. The van der Waals surface area contributed by atoms with Gasteiger partial charge in [-0.1, -0.05) is 11.6 Å². The van der Waals surface area contributed by atoms with E-state index in [0.717, 1.165) is 6.29 Å². The van der Waals surface area contributed by atoms with Gasteiger partial charge in [0.15, 0.2) is 6.29 Å². The van der Waals surface area contributed by atoms with Crippen molar-refractivity contribution in [2.24, 2.45) is 0 Å². The zero-order valence-electron chi connectivity index (χ0n) is 10.5. The molecule has 0 saturated heterocycles. The van der Waals surface area contributed by atoms with Gasteiger partial charge in [-0.05, 0) is 32.0 Å². The zero-order valence-corrected chi connectivity index (χ0v) is 11.3. The molecule has 1 aromatic carbocycles. The van der Waals surface area contributed by atoms with E-state index in [0.29, 0.717) is 29.5 Å². The molecule has 0 heterocycles. The van der Waals surface area contributed by atoms with Crippen LogP contribution in [0.1, 0.15) is 24.2 Å². The Balaban J connectivity index is 2.58. The minimum Gasteiger partial charge on any atom is -0.487 e. The van der Waals surface area contributed by atoms with Crippen molar-refractivity contribution in [3.05, 3.63) is 28.8 Å². The molecule has 0 aliphatic heterocycles. The molecule has 4 nitrogen and oxygen atoms in total. The van der Waals surface area contributed by atoms with Crippen molar-refractivity contribution < 1.29 is 19.0 Å². The first-order chi connectivity index (χ1) is 8.71. The Kier molecular flexibility index (Phi) is 6.72. The Morgan fingerprint density at radius 3 is 2.44 bits per heavy atom. The second-order valence-electron chi connectivity index (χ2n) is 3.46. The summed E-state index contributed by atoms with van der Waals surface area (Å²) in [6.07, 6.45) is 0.320. The van der Waals surface area contributed by atoms with E-state index in [9.17, 15) is 4.79 Å². The molecular weight excluding hydrogens is 256 g/mol. The maximum Gasteiger partial charge on any atom is 0.191 e. The predicted octanol–water partition coefficient (Wildman–Crippen LogP) is 2.93. The highest BCUT2D eigenvalue weighted by atomic mass is 35.5. The van der Waals surface area contributed by atoms with Crippen molar-refractivity contribution in [3.63, 3.8) is 0 Å². The molecule has 1 aromatic rings. The lowest BCUT2D eigenvalue weighted by atomic mass is 10.2. The van der Waals surface area contributed by atoms with Crippen LogP contribution in [-0.2, 0) is 9.47 Å². The third-order valence-electron chi connectivity index (χ3n) is 2.17. The monoisotopic (exact) mass is 272 g/mol. The lowest BCUT2D eigenvalue weighted by molar-refractivity contribution is -0.152. The summed E-state index contributed by atoms with van der Waals surface area (Å²) in [5.74, 6) is 0.506. The highest BCUT2D eigenvalue weighted by molar-refractivity contribution is 6.32. The quantitative estimate of drug-likeness (QED) is 0.539. The SMILES string of the molecule is CCOC(COc1ccc(C=O)cc1Cl)OCC. The molecule has 0 spiro atoms. The van der Waals surface area contributed by atoms with E-state index in [2.05, 4.69) is 0 Å². The van der Waals surface area contributed by atoms with E-state index < -0.39 is 6.29 Å². The van der Waals surface area contributed by atoms with Gasteiger partial charge < -0.3 is 14.2 Å². The molecule has 1 rings (SSSR count). The Morgan fingerprint density at radius 1 is 1.28 bits per heavy atom. The van der Waals surface area contributed by atoms with Crippen LogP contribution < -0.4 is 4.74 Å².